The molecule has 2 N–H and O–H groups in total. The van der Waals surface area contributed by atoms with Crippen molar-refractivity contribution in [1.29, 1.82) is 0 Å². The van der Waals surface area contributed by atoms with Crippen LogP contribution in [0.4, 0.5) is 18.9 Å². The molecule has 2 saturated carbocycles. The molecule has 2 heterocycles. The summed E-state index contributed by atoms with van der Waals surface area (Å²) in [5.74, 6) is -1.70. The average Bonchev–Trinajstić information content (AvgIpc) is 3.68. The quantitative estimate of drug-likeness (QED) is 0.318. The van der Waals surface area contributed by atoms with Crippen molar-refractivity contribution in [2.45, 2.75) is 69.9 Å². The van der Waals surface area contributed by atoms with Crippen LogP contribution in [0.5, 0.6) is 0 Å². The third kappa shape index (κ3) is 5.30. The van der Waals surface area contributed by atoms with Crippen LogP contribution in [0.2, 0.25) is 5.02 Å². The molecule has 2 aliphatic rings. The molecule has 0 bridgehead atoms. The van der Waals surface area contributed by atoms with E-state index in [2.05, 4.69) is 15.4 Å². The van der Waals surface area contributed by atoms with Gasteiger partial charge in [0.1, 0.15) is 17.2 Å². The van der Waals surface area contributed by atoms with Crippen molar-refractivity contribution in [1.82, 2.24) is 19.3 Å². The van der Waals surface area contributed by atoms with Gasteiger partial charge >= 0.3 is 5.97 Å². The summed E-state index contributed by atoms with van der Waals surface area (Å²) in [6.07, 6.45) is 1.66. The Morgan fingerprint density at radius 2 is 1.93 bits per heavy atom. The largest absolute Gasteiger partial charge is 0.464 e. The van der Waals surface area contributed by atoms with Crippen molar-refractivity contribution in [2.75, 3.05) is 11.9 Å². The molecular formula is C29H33ClF3N5O4. The van der Waals surface area contributed by atoms with Crippen molar-refractivity contribution >= 4 is 29.2 Å². The summed E-state index contributed by atoms with van der Waals surface area (Å²) in [5, 5.41) is 18.4. The fourth-order valence-electron chi connectivity index (χ4n) is 6.49. The Morgan fingerprint density at radius 3 is 2.52 bits per heavy atom. The molecule has 2 fully saturated rings. The summed E-state index contributed by atoms with van der Waals surface area (Å²) < 4.78 is 49.7. The molecule has 0 radical (unpaired) electrons. The number of alkyl halides is 2. The second-order valence-electron chi connectivity index (χ2n) is 11.8. The fourth-order valence-corrected chi connectivity index (χ4v) is 6.67. The van der Waals surface area contributed by atoms with Gasteiger partial charge in [-0.15, -0.1) is 0 Å². The summed E-state index contributed by atoms with van der Waals surface area (Å²) in [4.78, 5) is 30.2. The lowest BCUT2D eigenvalue weighted by Crippen LogP contribution is -2.38. The normalized spacial score (nSPS) is 23.8. The number of halogens is 4. The van der Waals surface area contributed by atoms with Gasteiger partial charge in [0.05, 0.1) is 29.3 Å². The second kappa shape index (κ2) is 11.0. The molecule has 2 atom stereocenters. The van der Waals surface area contributed by atoms with Crippen molar-refractivity contribution in [3.63, 3.8) is 0 Å². The van der Waals surface area contributed by atoms with Gasteiger partial charge in [0.15, 0.2) is 5.54 Å². The van der Waals surface area contributed by atoms with E-state index in [9.17, 15) is 27.9 Å². The Hall–Kier alpha value is -3.38. The van der Waals surface area contributed by atoms with E-state index in [4.69, 9.17) is 16.3 Å². The maximum Gasteiger partial charge on any atom is 0.333 e. The minimum absolute atomic E-state index is 0.000705. The van der Waals surface area contributed by atoms with Gasteiger partial charge < -0.3 is 19.7 Å². The number of carbonyl (C=O) groups is 2. The zero-order valence-electron chi connectivity index (χ0n) is 23.7. The molecule has 2 aliphatic carbocycles. The molecule has 0 spiro atoms. The highest BCUT2D eigenvalue weighted by Crippen LogP contribution is 2.57. The first-order valence-electron chi connectivity index (χ1n) is 13.8. The third-order valence-electron chi connectivity index (χ3n) is 8.58. The zero-order chi connectivity index (χ0) is 30.6. The molecule has 2 unspecified atom stereocenters. The van der Waals surface area contributed by atoms with Crippen LogP contribution in [-0.4, -0.2) is 42.9 Å². The average molecular weight is 608 g/mol. The number of nitrogens with one attached hydrogen (secondary N) is 1. The number of ether oxygens (including phenoxy) is 1. The highest BCUT2D eigenvalue weighted by Gasteiger charge is 2.52. The minimum atomic E-state index is -2.94. The lowest BCUT2D eigenvalue weighted by Gasteiger charge is -2.25. The predicted octanol–water partition coefficient (Wildman–Crippen LogP) is 5.69. The van der Waals surface area contributed by atoms with Crippen LogP contribution in [0.3, 0.4) is 0 Å². The van der Waals surface area contributed by atoms with Gasteiger partial charge in [0, 0.05) is 30.4 Å². The maximum absolute atomic E-state index is 14.1. The van der Waals surface area contributed by atoms with Gasteiger partial charge in [-0.25, -0.2) is 22.9 Å². The molecule has 1 aromatic carbocycles. The van der Waals surface area contributed by atoms with E-state index in [0.29, 0.717) is 29.9 Å². The summed E-state index contributed by atoms with van der Waals surface area (Å²) >= 11 is 5.86. The number of hydrogen-bond acceptors (Lipinski definition) is 6. The number of benzene rings is 1. The number of fused-ring (bicyclic) bond motifs is 1. The van der Waals surface area contributed by atoms with E-state index in [-0.39, 0.29) is 47.8 Å². The Morgan fingerprint density at radius 1 is 1.26 bits per heavy atom. The molecule has 226 valence electrons. The van der Waals surface area contributed by atoms with Crippen molar-refractivity contribution < 1.29 is 32.6 Å². The Balaban J connectivity index is 1.35. The molecule has 13 heteroatoms. The number of aliphatic hydroxyl groups is 1. The number of carbonyl (C=O) groups excluding carboxylic acids is 2. The minimum Gasteiger partial charge on any atom is -0.464 e. The first-order valence-corrected chi connectivity index (χ1v) is 14.2. The number of esters is 1. The zero-order valence-corrected chi connectivity index (χ0v) is 24.5. The van der Waals surface area contributed by atoms with Crippen LogP contribution in [0.25, 0.3) is 0 Å². The van der Waals surface area contributed by atoms with E-state index in [1.54, 1.807) is 24.9 Å². The van der Waals surface area contributed by atoms with Crippen LogP contribution >= 0.6 is 11.6 Å². The van der Waals surface area contributed by atoms with Gasteiger partial charge in [-0.1, -0.05) is 11.6 Å². The molecule has 9 nitrogen and oxygen atoms in total. The Labute approximate surface area is 246 Å². The number of anilines is 1. The number of rotatable bonds is 8. The highest BCUT2D eigenvalue weighted by molar-refractivity contribution is 6.31. The summed E-state index contributed by atoms with van der Waals surface area (Å²) in [5.41, 5.74) is -2.10. The second-order valence-corrected chi connectivity index (χ2v) is 12.2. The standard InChI is InChI=1S/C29H33ClF3N5O4/c1-5-42-27(40)28(2,3)38-13-19(23(36-38)25(32)33)29(41)11-16-8-15(9-17(16)12-29)22-24(37(4)14-34-22)26(39)35-18-6-7-21(31)20(30)10-18/h6-7,10,13-17,25,41H,5,8-9,11-12H2,1-4H3,(H,35,39). The van der Waals surface area contributed by atoms with E-state index in [1.165, 1.54) is 38.2 Å². The number of aromatic nitrogens is 4. The molecule has 2 aromatic heterocycles. The van der Waals surface area contributed by atoms with Crippen LogP contribution in [0.1, 0.15) is 86.2 Å². The van der Waals surface area contributed by atoms with Crippen molar-refractivity contribution in [2.24, 2.45) is 18.9 Å². The molecule has 3 aromatic rings. The monoisotopic (exact) mass is 607 g/mol. The molecule has 0 aliphatic heterocycles. The van der Waals surface area contributed by atoms with Gasteiger partial charge in [0.25, 0.3) is 12.3 Å². The van der Waals surface area contributed by atoms with Crippen LogP contribution in [-0.2, 0) is 27.7 Å². The lowest BCUT2D eigenvalue weighted by molar-refractivity contribution is -0.152. The molecule has 1 amide bonds. The number of nitrogens with zero attached hydrogens (tertiary/aromatic N) is 4. The third-order valence-corrected chi connectivity index (χ3v) is 8.87. The predicted molar refractivity (Wildman–Crippen MR) is 148 cm³/mol. The Kier molecular flexibility index (Phi) is 7.90. The first-order chi connectivity index (χ1) is 19.7. The Bertz CT molecular complexity index is 1510. The van der Waals surface area contributed by atoms with Crippen LogP contribution < -0.4 is 5.32 Å². The number of amides is 1. The van der Waals surface area contributed by atoms with E-state index >= 15 is 0 Å². The fraction of sp³-hybridized carbons (Fsp3) is 0.517. The smallest absolute Gasteiger partial charge is 0.333 e. The SMILES string of the molecule is CCOC(=O)C(C)(C)n1cc(C2(O)CC3CC(c4ncn(C)c4C(=O)Nc4ccc(F)c(Cl)c4)CC3C2)c(C(F)F)n1. The molecule has 42 heavy (non-hydrogen) atoms. The van der Waals surface area contributed by atoms with E-state index in [1.807, 2.05) is 0 Å². The van der Waals surface area contributed by atoms with Crippen molar-refractivity contribution in [3.8, 4) is 0 Å². The highest BCUT2D eigenvalue weighted by atomic mass is 35.5. The molecule has 5 rings (SSSR count). The maximum atomic E-state index is 14.1. The summed E-state index contributed by atoms with van der Waals surface area (Å²) in [7, 11) is 1.71. The van der Waals surface area contributed by atoms with E-state index < -0.39 is 41.0 Å². The van der Waals surface area contributed by atoms with Crippen LogP contribution in [0.15, 0.2) is 30.7 Å². The lowest BCUT2D eigenvalue weighted by atomic mass is 9.87. The van der Waals surface area contributed by atoms with Gasteiger partial charge in [-0.3, -0.25) is 9.48 Å². The van der Waals surface area contributed by atoms with Gasteiger partial charge in [-0.05, 0) is 76.5 Å². The number of imidazole rings is 1. The molecular weight excluding hydrogens is 575 g/mol. The summed E-state index contributed by atoms with van der Waals surface area (Å²) in [6.45, 7) is 4.84. The number of hydrogen-bond donors (Lipinski definition) is 2. The van der Waals surface area contributed by atoms with Gasteiger partial charge in [0.2, 0.25) is 0 Å². The van der Waals surface area contributed by atoms with Crippen LogP contribution in [0, 0.1) is 17.7 Å². The topological polar surface area (TPSA) is 111 Å². The summed E-state index contributed by atoms with van der Waals surface area (Å²) in [6, 6.07) is 3.91. The van der Waals surface area contributed by atoms with Gasteiger partial charge in [-0.2, -0.15) is 5.10 Å². The van der Waals surface area contributed by atoms with E-state index in [0.717, 1.165) is 4.68 Å². The van der Waals surface area contributed by atoms with Crippen molar-refractivity contribution in [3.05, 3.63) is 64.2 Å². The molecule has 0 saturated heterocycles. The first kappa shape index (κ1) is 30.1. The number of aryl methyl sites for hydroxylation is 1.